The smallest absolute Gasteiger partial charge is 0.371 e. The first kappa shape index (κ1) is 24.8. The molecule has 1 N–H and O–H groups in total. The predicted octanol–water partition coefficient (Wildman–Crippen LogP) is 5.20. The van der Waals surface area contributed by atoms with Crippen LogP contribution in [0.3, 0.4) is 0 Å². The number of halogens is 3. The van der Waals surface area contributed by atoms with Crippen molar-refractivity contribution in [1.82, 2.24) is 15.3 Å². The number of fused-ring (bicyclic) bond motifs is 1. The molecule has 1 aromatic carbocycles. The molecule has 0 bridgehead atoms. The van der Waals surface area contributed by atoms with E-state index in [0.29, 0.717) is 27.8 Å². The summed E-state index contributed by atoms with van der Waals surface area (Å²) in [5.41, 5.74) is 1.20. The van der Waals surface area contributed by atoms with Crippen molar-refractivity contribution < 1.29 is 18.0 Å². The van der Waals surface area contributed by atoms with Crippen LogP contribution in [-0.2, 0) is 6.18 Å². The van der Waals surface area contributed by atoms with Gasteiger partial charge in [-0.05, 0) is 56.9 Å². The molecule has 1 fully saturated rings. The van der Waals surface area contributed by atoms with Gasteiger partial charge in [0.15, 0.2) is 0 Å². The van der Waals surface area contributed by atoms with Crippen molar-refractivity contribution >= 4 is 28.3 Å². The fourth-order valence-corrected chi connectivity index (χ4v) is 4.70. The van der Waals surface area contributed by atoms with Crippen LogP contribution >= 0.6 is 0 Å². The van der Waals surface area contributed by atoms with Gasteiger partial charge in [-0.25, -0.2) is 9.97 Å². The fourth-order valence-electron chi connectivity index (χ4n) is 4.70. The van der Waals surface area contributed by atoms with Crippen LogP contribution in [0.2, 0.25) is 0 Å². The SMILES string of the molecule is Cc1nc(N(C)C)ccc1C(=O)N[C@H]1CC[C@@H](N(C)c2cc(C(F)(F)F)nc3ccccc23)CC1. The second-order valence-corrected chi connectivity index (χ2v) is 9.33. The summed E-state index contributed by atoms with van der Waals surface area (Å²) < 4.78 is 40.4. The summed E-state index contributed by atoms with van der Waals surface area (Å²) in [6.07, 6.45) is -1.50. The molecule has 1 aliphatic rings. The van der Waals surface area contributed by atoms with Crippen molar-refractivity contribution in [2.45, 2.75) is 50.9 Å². The number of alkyl halides is 3. The normalized spacial score (nSPS) is 18.4. The minimum atomic E-state index is -4.51. The third kappa shape index (κ3) is 5.33. The number of rotatable bonds is 5. The van der Waals surface area contributed by atoms with Gasteiger partial charge in [-0.15, -0.1) is 0 Å². The zero-order valence-corrected chi connectivity index (χ0v) is 20.4. The number of aromatic nitrogens is 2. The van der Waals surface area contributed by atoms with Gasteiger partial charge in [0, 0.05) is 44.3 Å². The Morgan fingerprint density at radius 1 is 1.00 bits per heavy atom. The van der Waals surface area contributed by atoms with Crippen LogP contribution in [0.4, 0.5) is 24.7 Å². The van der Waals surface area contributed by atoms with E-state index in [1.54, 1.807) is 24.3 Å². The first-order valence-electron chi connectivity index (χ1n) is 11.7. The summed E-state index contributed by atoms with van der Waals surface area (Å²) in [5.74, 6) is 0.645. The molecule has 6 nitrogen and oxygen atoms in total. The highest BCUT2D eigenvalue weighted by molar-refractivity contribution is 5.95. The minimum Gasteiger partial charge on any atom is -0.371 e. The van der Waals surface area contributed by atoms with E-state index in [4.69, 9.17) is 0 Å². The Balaban J connectivity index is 1.45. The lowest BCUT2D eigenvalue weighted by Gasteiger charge is -2.37. The number of aryl methyl sites for hydroxylation is 1. The van der Waals surface area contributed by atoms with Crippen LogP contribution in [-0.4, -0.2) is 49.1 Å². The highest BCUT2D eigenvalue weighted by Crippen LogP contribution is 2.36. The molecule has 0 aliphatic heterocycles. The average molecular weight is 486 g/mol. The Hall–Kier alpha value is -3.36. The van der Waals surface area contributed by atoms with Crippen molar-refractivity contribution in [3.05, 3.63) is 59.4 Å². The van der Waals surface area contributed by atoms with Crippen molar-refractivity contribution in [1.29, 1.82) is 0 Å². The quantitative estimate of drug-likeness (QED) is 0.538. The molecule has 1 aliphatic carbocycles. The largest absolute Gasteiger partial charge is 0.433 e. The van der Waals surface area contributed by atoms with Crippen molar-refractivity contribution in [3.8, 4) is 0 Å². The molecule has 0 atom stereocenters. The second kappa shape index (κ2) is 9.71. The van der Waals surface area contributed by atoms with Gasteiger partial charge in [-0.1, -0.05) is 18.2 Å². The van der Waals surface area contributed by atoms with E-state index in [-0.39, 0.29) is 18.0 Å². The lowest BCUT2D eigenvalue weighted by atomic mass is 9.89. The summed E-state index contributed by atoms with van der Waals surface area (Å²) in [4.78, 5) is 25.0. The standard InChI is InChI=1S/C26H30F3N5O/c1-16-19(13-14-24(30-16)33(2)3)25(35)31-17-9-11-18(12-10-17)34(4)22-15-23(26(27,28)29)32-21-8-6-5-7-20(21)22/h5-8,13-15,17-18H,9-12H2,1-4H3,(H,31,35)/t17-,18+. The van der Waals surface area contributed by atoms with Crippen molar-refractivity contribution in [2.24, 2.45) is 0 Å². The number of carbonyl (C=O) groups is 1. The molecular formula is C26H30F3N5O. The molecule has 186 valence electrons. The Morgan fingerprint density at radius 3 is 2.31 bits per heavy atom. The molecule has 0 spiro atoms. The van der Waals surface area contributed by atoms with E-state index in [1.165, 1.54) is 0 Å². The van der Waals surface area contributed by atoms with Gasteiger partial charge in [0.2, 0.25) is 0 Å². The Morgan fingerprint density at radius 2 is 1.69 bits per heavy atom. The molecule has 1 saturated carbocycles. The molecule has 1 amide bonds. The van der Waals surface area contributed by atoms with Gasteiger partial charge < -0.3 is 15.1 Å². The number of para-hydroxylation sites is 1. The van der Waals surface area contributed by atoms with Crippen molar-refractivity contribution in [3.63, 3.8) is 0 Å². The van der Waals surface area contributed by atoms with Crippen LogP contribution in [0.25, 0.3) is 10.9 Å². The summed E-state index contributed by atoms with van der Waals surface area (Å²) in [5, 5.41) is 3.81. The van der Waals surface area contributed by atoms with E-state index < -0.39 is 11.9 Å². The molecule has 4 rings (SSSR count). The van der Waals surface area contributed by atoms with Crippen LogP contribution in [0.1, 0.15) is 47.4 Å². The maximum absolute atomic E-state index is 13.5. The summed E-state index contributed by atoms with van der Waals surface area (Å²) in [6.45, 7) is 1.82. The van der Waals surface area contributed by atoms with Gasteiger partial charge in [-0.3, -0.25) is 4.79 Å². The maximum atomic E-state index is 13.5. The summed E-state index contributed by atoms with van der Waals surface area (Å²) >= 11 is 0. The number of carbonyl (C=O) groups excluding carboxylic acids is 1. The first-order chi connectivity index (χ1) is 16.5. The lowest BCUT2D eigenvalue weighted by molar-refractivity contribution is -0.140. The van der Waals surface area contributed by atoms with Gasteiger partial charge in [0.25, 0.3) is 5.91 Å². The summed E-state index contributed by atoms with van der Waals surface area (Å²) in [7, 11) is 5.64. The number of amides is 1. The van der Waals surface area contributed by atoms with E-state index in [1.807, 2.05) is 50.0 Å². The van der Waals surface area contributed by atoms with Crippen molar-refractivity contribution in [2.75, 3.05) is 30.9 Å². The highest BCUT2D eigenvalue weighted by atomic mass is 19.4. The van der Waals surface area contributed by atoms with Gasteiger partial charge in [-0.2, -0.15) is 13.2 Å². The number of pyridine rings is 2. The molecular weight excluding hydrogens is 455 g/mol. The number of hydrogen-bond donors (Lipinski definition) is 1. The molecule has 0 radical (unpaired) electrons. The van der Waals surface area contributed by atoms with Crippen LogP contribution in [0.5, 0.6) is 0 Å². The van der Waals surface area contributed by atoms with E-state index in [0.717, 1.165) is 37.6 Å². The number of nitrogens with zero attached hydrogens (tertiary/aromatic N) is 4. The Bertz CT molecular complexity index is 1220. The monoisotopic (exact) mass is 485 g/mol. The fraction of sp³-hybridized carbons (Fsp3) is 0.423. The average Bonchev–Trinajstić information content (AvgIpc) is 2.82. The third-order valence-electron chi connectivity index (χ3n) is 6.72. The van der Waals surface area contributed by atoms with Crippen LogP contribution < -0.4 is 15.1 Å². The lowest BCUT2D eigenvalue weighted by Crippen LogP contribution is -2.43. The number of hydrogen-bond acceptors (Lipinski definition) is 5. The molecule has 2 heterocycles. The first-order valence-corrected chi connectivity index (χ1v) is 11.7. The van der Waals surface area contributed by atoms with Gasteiger partial charge in [0.05, 0.1) is 16.8 Å². The maximum Gasteiger partial charge on any atom is 0.433 e. The highest BCUT2D eigenvalue weighted by Gasteiger charge is 2.34. The predicted molar refractivity (Wildman–Crippen MR) is 132 cm³/mol. The minimum absolute atomic E-state index is 0.0139. The second-order valence-electron chi connectivity index (χ2n) is 9.33. The molecule has 9 heteroatoms. The van der Waals surface area contributed by atoms with Gasteiger partial charge in [0.1, 0.15) is 11.5 Å². The molecule has 35 heavy (non-hydrogen) atoms. The van der Waals surface area contributed by atoms with E-state index >= 15 is 0 Å². The summed E-state index contributed by atoms with van der Waals surface area (Å²) in [6, 6.07) is 11.7. The Kier molecular flexibility index (Phi) is 6.87. The third-order valence-corrected chi connectivity index (χ3v) is 6.72. The van der Waals surface area contributed by atoms with Gasteiger partial charge >= 0.3 is 6.18 Å². The number of anilines is 2. The molecule has 0 unspecified atom stereocenters. The zero-order chi connectivity index (χ0) is 25.3. The van der Waals surface area contributed by atoms with Crippen LogP contribution in [0, 0.1) is 6.92 Å². The number of benzene rings is 1. The number of nitrogens with one attached hydrogen (secondary N) is 1. The van der Waals surface area contributed by atoms with E-state index in [9.17, 15) is 18.0 Å². The topological polar surface area (TPSA) is 61.4 Å². The molecule has 0 saturated heterocycles. The van der Waals surface area contributed by atoms with E-state index in [2.05, 4.69) is 15.3 Å². The zero-order valence-electron chi connectivity index (χ0n) is 20.4. The Labute approximate surface area is 203 Å². The molecule has 2 aromatic heterocycles. The van der Waals surface area contributed by atoms with Crippen LogP contribution in [0.15, 0.2) is 42.5 Å². The molecule has 3 aromatic rings.